The Morgan fingerprint density at radius 2 is 0.579 bits per heavy atom. The number of likely N-dealkylation sites (N-methyl/N-ethyl adjacent to an activating group) is 3. The first-order valence-corrected chi connectivity index (χ1v) is 42.9. The minimum atomic E-state index is -1.40. The number of aryl methyl sites for hydroxylation is 9. The van der Waals surface area contributed by atoms with Gasteiger partial charge in [-0.05, 0) is 232 Å². The van der Waals surface area contributed by atoms with Crippen molar-refractivity contribution in [2.75, 3.05) is 89.7 Å². The molecule has 21 heteroatoms. The van der Waals surface area contributed by atoms with Crippen LogP contribution in [0.25, 0.3) is 0 Å². The molecule has 6 aliphatic heterocycles. The van der Waals surface area contributed by atoms with Gasteiger partial charge in [0.2, 0.25) is 0 Å². The molecule has 3 spiro atoms. The van der Waals surface area contributed by atoms with E-state index in [9.17, 15) is 28.8 Å². The summed E-state index contributed by atoms with van der Waals surface area (Å²) in [5.41, 5.74) is 17.9. The molecule has 6 aliphatic rings. The van der Waals surface area contributed by atoms with Crippen LogP contribution in [0.3, 0.4) is 0 Å². The van der Waals surface area contributed by atoms with Crippen molar-refractivity contribution in [1.82, 2.24) is 0 Å². The Kier molecular flexibility index (Phi) is 21.2. The van der Waals surface area contributed by atoms with Gasteiger partial charge in [0.1, 0.15) is 74.0 Å². The molecule has 126 heavy (non-hydrogen) atoms. The van der Waals surface area contributed by atoms with E-state index in [4.69, 9.17) is 42.6 Å². The van der Waals surface area contributed by atoms with Crippen LogP contribution in [0.4, 0.5) is 51.2 Å². The van der Waals surface area contributed by atoms with Gasteiger partial charge in [-0.25, -0.2) is 14.4 Å². The number of nitrogens with one attached hydrogen (secondary N) is 3. The number of nitrogens with zero attached hydrogens (tertiary/aromatic N) is 3. The van der Waals surface area contributed by atoms with Crippen LogP contribution in [0.15, 0.2) is 218 Å². The largest absolute Gasteiger partial charge is 0.464 e. The lowest BCUT2D eigenvalue weighted by molar-refractivity contribution is -0.160. The summed E-state index contributed by atoms with van der Waals surface area (Å²) >= 11 is 0. The molecule has 3 atom stereocenters. The van der Waals surface area contributed by atoms with Crippen molar-refractivity contribution < 1.29 is 71.4 Å². The van der Waals surface area contributed by atoms with Crippen molar-refractivity contribution >= 4 is 87.0 Å². The Bertz CT molecular complexity index is 5920. The molecule has 0 fully saturated rings. The highest BCUT2D eigenvalue weighted by Gasteiger charge is 2.57. The lowest BCUT2D eigenvalue weighted by atomic mass is 9.77. The Morgan fingerprint density at radius 3 is 0.849 bits per heavy atom. The van der Waals surface area contributed by atoms with Gasteiger partial charge in [-0.3, -0.25) is 14.4 Å². The summed E-state index contributed by atoms with van der Waals surface area (Å²) in [7, 11) is 0. The summed E-state index contributed by atoms with van der Waals surface area (Å²) in [5, 5.41) is 10.9. The van der Waals surface area contributed by atoms with E-state index in [-0.39, 0.29) is 45.9 Å². The number of hydrogen-bond acceptors (Lipinski definition) is 21. The van der Waals surface area contributed by atoms with Gasteiger partial charge in [-0.15, -0.1) is 0 Å². The predicted octanol–water partition coefficient (Wildman–Crippen LogP) is 21.3. The van der Waals surface area contributed by atoms with Crippen LogP contribution >= 0.6 is 0 Å². The van der Waals surface area contributed by atoms with Gasteiger partial charge in [-0.1, -0.05) is 115 Å². The van der Waals surface area contributed by atoms with Crippen molar-refractivity contribution in [1.29, 1.82) is 0 Å². The van der Waals surface area contributed by atoms with Crippen molar-refractivity contribution in [3.8, 4) is 34.5 Å². The smallest absolute Gasteiger partial charge is 0.340 e. The Balaban J connectivity index is 0.620. The second kappa shape index (κ2) is 32.4. The van der Waals surface area contributed by atoms with E-state index in [0.29, 0.717) is 138 Å². The zero-order valence-electron chi connectivity index (χ0n) is 72.8. The monoisotopic (exact) mass is 1680 g/mol. The molecule has 0 aliphatic carbocycles. The SMILES string of the molecule is CCN(CC(=O)OCC(CC)(COC(=O)CN(CC)c1ccc2c(c1)Oc1cc(C)c(Nc3ccc(C)cc3C)cc1C21OC(=O)c2ccccc21)COC(=O)CN(CC)c1ccc2c(c1)Oc1cc(C)c(Nc3ccc(C)cc3C)cc1C21OC(=O)c2ccccc21)c1ccc2c(c1)Oc1cc(C)c(Nc3ccc(C)cc3C)cc1C21OC(=O)c2ccccc21. The third-order valence-electron chi connectivity index (χ3n) is 25.6. The molecule has 0 bridgehead atoms. The van der Waals surface area contributed by atoms with E-state index >= 15 is 0 Å². The average molecular weight is 1680 g/mol. The lowest BCUT2D eigenvalue weighted by Crippen LogP contribution is -2.42. The molecule has 0 saturated carbocycles. The van der Waals surface area contributed by atoms with E-state index < -0.39 is 58.0 Å². The predicted molar refractivity (Wildman–Crippen MR) is 485 cm³/mol. The summed E-state index contributed by atoms with van der Waals surface area (Å²) in [6.45, 7) is 25.2. The topological polar surface area (TPSA) is 231 Å². The van der Waals surface area contributed by atoms with Gasteiger partial charge in [0.05, 0.1) is 22.1 Å². The van der Waals surface area contributed by atoms with Gasteiger partial charge < -0.3 is 73.3 Å². The second-order valence-electron chi connectivity index (χ2n) is 33.9. The molecule has 0 radical (unpaired) electrons. The highest BCUT2D eigenvalue weighted by atomic mass is 16.6. The number of fused-ring (bicyclic) bond motifs is 18. The van der Waals surface area contributed by atoms with Gasteiger partial charge in [0, 0.05) is 139 Å². The summed E-state index contributed by atoms with van der Waals surface area (Å²) < 4.78 is 59.6. The first kappa shape index (κ1) is 82.6. The molecular weight excluding hydrogens is 1590 g/mol. The fourth-order valence-electron chi connectivity index (χ4n) is 18.6. The molecule has 12 aromatic carbocycles. The molecular formula is C105H98N6O15. The highest BCUT2D eigenvalue weighted by molar-refractivity contribution is 6.00. The molecule has 21 nitrogen and oxygen atoms in total. The number of carbonyl (C=O) groups is 6. The summed E-state index contributed by atoms with van der Waals surface area (Å²) in [6, 6.07) is 69.5. The van der Waals surface area contributed by atoms with E-state index in [1.807, 2.05) is 209 Å². The fraction of sp³-hybridized carbons (Fsp3) is 0.257. The van der Waals surface area contributed by atoms with Gasteiger partial charge in [0.15, 0.2) is 16.8 Å². The molecule has 3 N–H and O–H groups in total. The summed E-state index contributed by atoms with van der Waals surface area (Å²) in [6.07, 6.45) is 0.207. The normalized spacial score (nSPS) is 17.0. The zero-order valence-corrected chi connectivity index (χ0v) is 72.8. The third kappa shape index (κ3) is 14.3. The number of rotatable bonds is 25. The number of esters is 6. The maximum Gasteiger partial charge on any atom is 0.340 e. The van der Waals surface area contributed by atoms with Crippen molar-refractivity contribution in [3.05, 3.63) is 335 Å². The summed E-state index contributed by atoms with van der Waals surface area (Å²) in [4.78, 5) is 92.3. The van der Waals surface area contributed by atoms with E-state index in [0.717, 1.165) is 84.2 Å². The van der Waals surface area contributed by atoms with Gasteiger partial charge in [-0.2, -0.15) is 0 Å². The van der Waals surface area contributed by atoms with Crippen LogP contribution in [0.1, 0.15) is 165 Å². The molecule has 6 heterocycles. The van der Waals surface area contributed by atoms with Crippen molar-refractivity contribution in [2.45, 2.75) is 113 Å². The fourth-order valence-corrected chi connectivity index (χ4v) is 18.6. The second-order valence-corrected chi connectivity index (χ2v) is 33.9. The molecule has 0 aromatic heterocycles. The molecule has 0 saturated heterocycles. The minimum Gasteiger partial charge on any atom is -0.464 e. The van der Waals surface area contributed by atoms with E-state index in [2.05, 4.69) is 112 Å². The molecule has 18 rings (SSSR count). The maximum absolute atomic E-state index is 14.8. The van der Waals surface area contributed by atoms with Crippen LogP contribution in [0, 0.1) is 67.7 Å². The highest BCUT2D eigenvalue weighted by Crippen LogP contribution is 2.62. The first-order chi connectivity index (χ1) is 60.7. The first-order valence-electron chi connectivity index (χ1n) is 42.9. The lowest BCUT2D eigenvalue weighted by Gasteiger charge is -2.38. The van der Waals surface area contributed by atoms with Crippen LogP contribution in [0.5, 0.6) is 34.5 Å². The molecule has 638 valence electrons. The van der Waals surface area contributed by atoms with Gasteiger partial charge >= 0.3 is 35.8 Å². The van der Waals surface area contributed by atoms with E-state index in [1.54, 1.807) is 18.2 Å². The Morgan fingerprint density at radius 1 is 0.310 bits per heavy atom. The van der Waals surface area contributed by atoms with Crippen molar-refractivity contribution in [3.63, 3.8) is 0 Å². The Labute approximate surface area is 732 Å². The van der Waals surface area contributed by atoms with Crippen LogP contribution < -0.4 is 44.9 Å². The minimum absolute atomic E-state index is 0.207. The quantitative estimate of drug-likeness (QED) is 0.0357. The standard InChI is InChI=1S/C105H98N6O15/c1-14-102(57-118-96(112)54-109(15-2)69-33-36-78-93(48-69)121-90-45-66(11)87(106-84-39-30-60(5)42-63(84)8)51-81(90)103(78)75-27-21-18-24-72(75)99(115)124-103,58-119-97(113)55-110(16-3)70-34-37-79-94(49-70)122-91-46-67(12)88(107-85-40-31-61(6)43-64(85)9)52-82(91)104(79)76-28-22-19-25-73(76)100(116)125-104)59-120-98(114)56-111(17-4)71-35-38-80-95(50-71)123-92-47-68(13)89(108-86-41-32-62(7)44-65(86)10)53-83(92)105(80)77-29-23-20-26-74(77)101(117)126-105/h18-53,106-108H,14-17,54-59H2,1-13H3. The molecule has 3 unspecified atom stereocenters. The van der Waals surface area contributed by atoms with Gasteiger partial charge in [0.25, 0.3) is 0 Å². The average Bonchev–Trinajstić information content (AvgIpc) is 1.53. The number of benzene rings is 12. The number of carbonyl (C=O) groups excluding carboxylic acids is 6. The van der Waals surface area contributed by atoms with E-state index in [1.165, 1.54) is 0 Å². The Hall–Kier alpha value is -14.3. The van der Waals surface area contributed by atoms with Crippen molar-refractivity contribution in [2.24, 2.45) is 5.41 Å². The van der Waals surface area contributed by atoms with Crippen LogP contribution in [-0.4, -0.2) is 94.9 Å². The maximum atomic E-state index is 14.8. The molecule has 12 aromatic rings. The summed E-state index contributed by atoms with van der Waals surface area (Å²) in [5.74, 6) is -0.558. The zero-order chi connectivity index (χ0) is 88.0. The molecule has 0 amide bonds. The number of hydrogen-bond donors (Lipinski definition) is 3. The number of anilines is 9. The number of ether oxygens (including phenoxy) is 9. The third-order valence-corrected chi connectivity index (χ3v) is 25.6. The van der Waals surface area contributed by atoms with Crippen LogP contribution in [0.2, 0.25) is 0 Å². The van der Waals surface area contributed by atoms with Crippen LogP contribution in [-0.2, 0) is 59.6 Å².